The van der Waals surface area contributed by atoms with Crippen LogP contribution in [0.15, 0.2) is 36.7 Å². The molecule has 0 saturated heterocycles. The molecule has 0 aliphatic heterocycles. The van der Waals surface area contributed by atoms with Gasteiger partial charge in [0.1, 0.15) is 5.75 Å². The summed E-state index contributed by atoms with van der Waals surface area (Å²) in [6.07, 6.45) is 3.92. The van der Waals surface area contributed by atoms with Gasteiger partial charge in [-0.1, -0.05) is 18.2 Å². The van der Waals surface area contributed by atoms with Crippen LogP contribution >= 0.6 is 0 Å². The number of carbonyl (C=O) groups excluding carboxylic acids is 1. The van der Waals surface area contributed by atoms with Crippen molar-refractivity contribution in [3.63, 3.8) is 0 Å². The van der Waals surface area contributed by atoms with E-state index in [4.69, 9.17) is 4.74 Å². The predicted octanol–water partition coefficient (Wildman–Crippen LogP) is 2.40. The molecule has 25 heavy (non-hydrogen) atoms. The first-order valence-electron chi connectivity index (χ1n) is 8.53. The lowest BCUT2D eigenvalue weighted by Crippen LogP contribution is -2.33. The van der Waals surface area contributed by atoms with Gasteiger partial charge in [0.2, 0.25) is 0 Å². The van der Waals surface area contributed by atoms with E-state index < -0.39 is 0 Å². The van der Waals surface area contributed by atoms with E-state index in [1.807, 2.05) is 48.3 Å². The molecule has 2 rings (SSSR count). The maximum atomic E-state index is 11.7. The summed E-state index contributed by atoms with van der Waals surface area (Å²) in [6.45, 7) is 7.03. The lowest BCUT2D eigenvalue weighted by molar-refractivity contribution is -0.130. The van der Waals surface area contributed by atoms with Crippen molar-refractivity contribution in [3.8, 4) is 5.75 Å². The van der Waals surface area contributed by atoms with Crippen molar-refractivity contribution in [2.45, 2.75) is 39.4 Å². The summed E-state index contributed by atoms with van der Waals surface area (Å²) in [4.78, 5) is 13.2. The second-order valence-electron chi connectivity index (χ2n) is 6.59. The molecule has 2 atom stereocenters. The van der Waals surface area contributed by atoms with E-state index in [9.17, 15) is 4.79 Å². The van der Waals surface area contributed by atoms with E-state index in [0.29, 0.717) is 6.54 Å². The van der Waals surface area contributed by atoms with Crippen LogP contribution in [-0.2, 0) is 11.3 Å². The van der Waals surface area contributed by atoms with Gasteiger partial charge in [0.05, 0.1) is 12.2 Å². The fourth-order valence-electron chi connectivity index (χ4n) is 2.39. The van der Waals surface area contributed by atoms with Crippen LogP contribution in [-0.4, -0.2) is 47.3 Å². The van der Waals surface area contributed by atoms with E-state index >= 15 is 0 Å². The van der Waals surface area contributed by atoms with Crippen molar-refractivity contribution in [3.05, 3.63) is 47.8 Å². The highest BCUT2D eigenvalue weighted by atomic mass is 16.5. The Morgan fingerprint density at radius 3 is 2.68 bits per heavy atom. The third-order valence-corrected chi connectivity index (χ3v) is 4.31. The Bertz CT molecular complexity index is 696. The molecule has 1 amide bonds. The quantitative estimate of drug-likeness (QED) is 0.799. The normalized spacial score (nSPS) is 13.3. The smallest absolute Gasteiger partial charge is 0.259 e. The van der Waals surface area contributed by atoms with Gasteiger partial charge in [0, 0.05) is 38.4 Å². The van der Waals surface area contributed by atoms with Gasteiger partial charge in [0.25, 0.3) is 5.91 Å². The van der Waals surface area contributed by atoms with Crippen LogP contribution in [0, 0.1) is 6.92 Å². The molecular weight excluding hydrogens is 316 g/mol. The standard InChI is InChI=1S/C19H28N4O2/c1-14-10-21-23(12-14)16(3)15(2)20-11-17-8-6-7-9-18(17)25-13-19(24)22(4)5/h6-10,12,15-16,20H,11,13H2,1-5H3/t15-,16+/m1/s1. The Kier molecular flexibility index (Phi) is 6.58. The molecule has 2 aromatic rings. The first kappa shape index (κ1) is 19.0. The average molecular weight is 344 g/mol. The molecule has 1 heterocycles. The van der Waals surface area contributed by atoms with E-state index in [0.717, 1.165) is 16.9 Å². The van der Waals surface area contributed by atoms with E-state index in [-0.39, 0.29) is 24.6 Å². The Morgan fingerprint density at radius 2 is 2.04 bits per heavy atom. The van der Waals surface area contributed by atoms with Gasteiger partial charge in [-0.25, -0.2) is 0 Å². The molecule has 0 spiro atoms. The lowest BCUT2D eigenvalue weighted by atomic mass is 10.1. The molecule has 0 saturated carbocycles. The highest BCUT2D eigenvalue weighted by Crippen LogP contribution is 2.19. The molecule has 6 heteroatoms. The first-order valence-corrected chi connectivity index (χ1v) is 8.53. The summed E-state index contributed by atoms with van der Waals surface area (Å²) < 4.78 is 7.67. The van der Waals surface area contributed by atoms with Crippen LogP contribution < -0.4 is 10.1 Å². The highest BCUT2D eigenvalue weighted by Gasteiger charge is 2.15. The summed E-state index contributed by atoms with van der Waals surface area (Å²) in [5.74, 6) is 0.679. The molecule has 0 aliphatic rings. The SMILES string of the molecule is Cc1cnn([C@@H](C)[C@@H](C)NCc2ccccc2OCC(=O)N(C)C)c1. The first-order chi connectivity index (χ1) is 11.9. The van der Waals surface area contributed by atoms with Crippen LogP contribution in [0.5, 0.6) is 5.75 Å². The lowest BCUT2D eigenvalue weighted by Gasteiger charge is -2.22. The number of rotatable bonds is 8. The van der Waals surface area contributed by atoms with E-state index in [1.165, 1.54) is 4.90 Å². The zero-order valence-corrected chi connectivity index (χ0v) is 15.7. The number of benzene rings is 1. The molecule has 1 aromatic carbocycles. The van der Waals surface area contributed by atoms with Crippen molar-refractivity contribution in [2.75, 3.05) is 20.7 Å². The minimum atomic E-state index is -0.0567. The summed E-state index contributed by atoms with van der Waals surface area (Å²) >= 11 is 0. The molecule has 1 N–H and O–H groups in total. The fourth-order valence-corrected chi connectivity index (χ4v) is 2.39. The third kappa shape index (κ3) is 5.32. The van der Waals surface area contributed by atoms with Crippen LogP contribution in [0.1, 0.15) is 31.0 Å². The largest absolute Gasteiger partial charge is 0.483 e. The Hall–Kier alpha value is -2.34. The maximum absolute atomic E-state index is 11.7. The molecule has 0 unspecified atom stereocenters. The molecule has 0 bridgehead atoms. The number of nitrogens with one attached hydrogen (secondary N) is 1. The number of aromatic nitrogens is 2. The number of amides is 1. The van der Waals surface area contributed by atoms with Crippen LogP contribution in [0.25, 0.3) is 0 Å². The van der Waals surface area contributed by atoms with Gasteiger partial charge in [-0.15, -0.1) is 0 Å². The Labute approximate surface area is 149 Å². The molecule has 0 aliphatic carbocycles. The van der Waals surface area contributed by atoms with Gasteiger partial charge in [-0.2, -0.15) is 5.10 Å². The van der Waals surface area contributed by atoms with Crippen molar-refractivity contribution in [2.24, 2.45) is 0 Å². The topological polar surface area (TPSA) is 59.4 Å². The van der Waals surface area contributed by atoms with Crippen LogP contribution in [0.2, 0.25) is 0 Å². The average Bonchev–Trinajstić information content (AvgIpc) is 3.03. The highest BCUT2D eigenvalue weighted by molar-refractivity contribution is 5.77. The summed E-state index contributed by atoms with van der Waals surface area (Å²) in [7, 11) is 3.44. The minimum Gasteiger partial charge on any atom is -0.483 e. The number of para-hydroxylation sites is 1. The van der Waals surface area contributed by atoms with E-state index in [2.05, 4.69) is 24.3 Å². The van der Waals surface area contributed by atoms with Gasteiger partial charge in [-0.05, 0) is 32.4 Å². The maximum Gasteiger partial charge on any atom is 0.259 e. The third-order valence-electron chi connectivity index (χ3n) is 4.31. The van der Waals surface area contributed by atoms with Gasteiger partial charge in [-0.3, -0.25) is 9.48 Å². The van der Waals surface area contributed by atoms with Crippen molar-refractivity contribution < 1.29 is 9.53 Å². The fraction of sp³-hybridized carbons (Fsp3) is 0.474. The Morgan fingerprint density at radius 1 is 1.32 bits per heavy atom. The van der Waals surface area contributed by atoms with Gasteiger partial charge < -0.3 is 15.0 Å². The minimum absolute atomic E-state index is 0.0442. The second-order valence-corrected chi connectivity index (χ2v) is 6.59. The molecule has 0 radical (unpaired) electrons. The van der Waals surface area contributed by atoms with Crippen molar-refractivity contribution in [1.29, 1.82) is 0 Å². The summed E-state index contributed by atoms with van der Waals surface area (Å²) in [5.41, 5.74) is 2.19. The number of hydrogen-bond donors (Lipinski definition) is 1. The Balaban J connectivity index is 1.94. The molecular formula is C19H28N4O2. The number of carbonyl (C=O) groups is 1. The molecule has 1 aromatic heterocycles. The summed E-state index contributed by atoms with van der Waals surface area (Å²) in [5, 5.41) is 7.91. The number of aryl methyl sites for hydroxylation is 1. The van der Waals surface area contributed by atoms with Crippen molar-refractivity contribution in [1.82, 2.24) is 20.0 Å². The monoisotopic (exact) mass is 344 g/mol. The van der Waals surface area contributed by atoms with Crippen molar-refractivity contribution >= 4 is 5.91 Å². The number of nitrogens with zero attached hydrogens (tertiary/aromatic N) is 3. The molecule has 0 fully saturated rings. The van der Waals surface area contributed by atoms with Crippen LogP contribution in [0.3, 0.4) is 0 Å². The zero-order chi connectivity index (χ0) is 18.4. The van der Waals surface area contributed by atoms with E-state index in [1.54, 1.807) is 14.1 Å². The summed E-state index contributed by atoms with van der Waals surface area (Å²) in [6, 6.07) is 8.26. The second kappa shape index (κ2) is 8.67. The number of likely N-dealkylation sites (N-methyl/N-ethyl adjacent to an activating group) is 1. The predicted molar refractivity (Wildman–Crippen MR) is 98.6 cm³/mol. The van der Waals surface area contributed by atoms with Gasteiger partial charge >= 0.3 is 0 Å². The number of ether oxygens (including phenoxy) is 1. The zero-order valence-electron chi connectivity index (χ0n) is 15.7. The molecule has 6 nitrogen and oxygen atoms in total. The molecule has 136 valence electrons. The number of hydrogen-bond acceptors (Lipinski definition) is 4. The van der Waals surface area contributed by atoms with Gasteiger partial charge in [0.15, 0.2) is 6.61 Å². The van der Waals surface area contributed by atoms with Crippen LogP contribution in [0.4, 0.5) is 0 Å².